The molecule has 1 amide bonds. The Kier molecular flexibility index (Phi) is 5.69. The lowest BCUT2D eigenvalue weighted by molar-refractivity contribution is 0.0954. The number of thiophene rings is 1. The van der Waals surface area contributed by atoms with Crippen molar-refractivity contribution in [3.63, 3.8) is 0 Å². The maximum absolute atomic E-state index is 12.9. The van der Waals surface area contributed by atoms with E-state index in [-0.39, 0.29) is 29.9 Å². The molecule has 1 fully saturated rings. The van der Waals surface area contributed by atoms with E-state index < -0.39 is 0 Å². The number of nitrogens with two attached hydrogens (primary N) is 1. The molecule has 26 heavy (non-hydrogen) atoms. The molecule has 0 saturated heterocycles. The van der Waals surface area contributed by atoms with E-state index in [1.807, 2.05) is 6.92 Å². The van der Waals surface area contributed by atoms with Crippen LogP contribution in [0, 0.1) is 12.8 Å². The van der Waals surface area contributed by atoms with E-state index in [2.05, 4.69) is 5.32 Å². The predicted octanol–water partition coefficient (Wildman–Crippen LogP) is 2.38. The molecule has 1 atom stereocenters. The van der Waals surface area contributed by atoms with Crippen LogP contribution in [0.1, 0.15) is 53.2 Å². The average Bonchev–Trinajstić information content (AvgIpc) is 3.40. The van der Waals surface area contributed by atoms with Gasteiger partial charge >= 0.3 is 0 Å². The SMILES string of the molecule is Cc1c(C(=O)NCC(N)C2CC2)sc2nc3n(c(=O)c12)CCCCC3.Cl. The van der Waals surface area contributed by atoms with E-state index in [4.69, 9.17) is 10.7 Å². The molecule has 1 aliphatic heterocycles. The molecular formula is C18H25ClN4O2S. The van der Waals surface area contributed by atoms with Gasteiger partial charge < -0.3 is 11.1 Å². The summed E-state index contributed by atoms with van der Waals surface area (Å²) in [6.07, 6.45) is 6.35. The minimum atomic E-state index is -0.142. The van der Waals surface area contributed by atoms with Crippen LogP contribution in [0.5, 0.6) is 0 Å². The van der Waals surface area contributed by atoms with Crippen molar-refractivity contribution in [1.82, 2.24) is 14.9 Å². The van der Waals surface area contributed by atoms with Gasteiger partial charge in [0.2, 0.25) is 0 Å². The molecule has 2 aromatic rings. The van der Waals surface area contributed by atoms with Gasteiger partial charge in [-0.3, -0.25) is 14.2 Å². The van der Waals surface area contributed by atoms with E-state index in [0.717, 1.165) is 56.5 Å². The van der Waals surface area contributed by atoms with Crippen LogP contribution in [-0.4, -0.2) is 28.0 Å². The fourth-order valence-electron chi connectivity index (χ4n) is 3.61. The van der Waals surface area contributed by atoms with Gasteiger partial charge in [-0.1, -0.05) is 6.42 Å². The van der Waals surface area contributed by atoms with E-state index in [1.165, 1.54) is 11.3 Å². The van der Waals surface area contributed by atoms with Crippen molar-refractivity contribution < 1.29 is 4.79 Å². The lowest BCUT2D eigenvalue weighted by atomic mass is 10.2. The zero-order valence-electron chi connectivity index (χ0n) is 14.9. The number of nitrogens with one attached hydrogen (secondary N) is 1. The molecule has 0 aromatic carbocycles. The van der Waals surface area contributed by atoms with Crippen LogP contribution in [-0.2, 0) is 13.0 Å². The number of hydrogen-bond donors (Lipinski definition) is 2. The molecule has 142 valence electrons. The standard InChI is InChI=1S/C18H24N4O2S.ClH/c1-10-14-17(21-13-5-3-2-4-8-22(13)18(14)24)25-15(10)16(23)20-9-12(19)11-6-7-11;/h11-12H,2-9,19H2,1H3,(H,20,23);1H. The van der Waals surface area contributed by atoms with Crippen LogP contribution in [0.3, 0.4) is 0 Å². The Morgan fingerprint density at radius 1 is 1.38 bits per heavy atom. The number of nitrogens with zero attached hydrogens (tertiary/aromatic N) is 2. The van der Waals surface area contributed by atoms with Gasteiger partial charge in [-0.25, -0.2) is 4.98 Å². The van der Waals surface area contributed by atoms with E-state index in [0.29, 0.717) is 27.6 Å². The number of halogens is 1. The first kappa shape index (κ1) is 19.3. The summed E-state index contributed by atoms with van der Waals surface area (Å²) in [5.74, 6) is 1.26. The summed E-state index contributed by atoms with van der Waals surface area (Å²) in [5.41, 5.74) is 6.81. The largest absolute Gasteiger partial charge is 0.350 e. The molecular weight excluding hydrogens is 372 g/mol. The van der Waals surface area contributed by atoms with Crippen molar-refractivity contribution in [2.75, 3.05) is 6.54 Å². The molecule has 1 unspecified atom stereocenters. The van der Waals surface area contributed by atoms with Gasteiger partial charge in [-0.2, -0.15) is 0 Å². The van der Waals surface area contributed by atoms with Crippen LogP contribution in [0.4, 0.5) is 0 Å². The second kappa shape index (κ2) is 7.66. The zero-order chi connectivity index (χ0) is 17.6. The highest BCUT2D eigenvalue weighted by molar-refractivity contribution is 7.20. The molecule has 8 heteroatoms. The third-order valence-corrected chi connectivity index (χ3v) is 6.53. The first-order valence-electron chi connectivity index (χ1n) is 9.13. The topological polar surface area (TPSA) is 90.0 Å². The molecule has 1 aliphatic carbocycles. The second-order valence-electron chi connectivity index (χ2n) is 7.24. The number of fused-ring (bicyclic) bond motifs is 2. The van der Waals surface area contributed by atoms with Crippen molar-refractivity contribution >= 4 is 39.9 Å². The Morgan fingerprint density at radius 2 is 2.15 bits per heavy atom. The van der Waals surface area contributed by atoms with Crippen molar-refractivity contribution in [3.05, 3.63) is 26.6 Å². The van der Waals surface area contributed by atoms with Gasteiger partial charge in [0.05, 0.1) is 10.3 Å². The van der Waals surface area contributed by atoms with Crippen LogP contribution < -0.4 is 16.6 Å². The summed E-state index contributed by atoms with van der Waals surface area (Å²) >= 11 is 1.32. The molecule has 3 heterocycles. The Morgan fingerprint density at radius 3 is 2.88 bits per heavy atom. The van der Waals surface area contributed by atoms with Gasteiger partial charge in [-0.15, -0.1) is 23.7 Å². The molecule has 2 aromatic heterocycles. The molecule has 2 aliphatic rings. The summed E-state index contributed by atoms with van der Waals surface area (Å²) in [4.78, 5) is 31.5. The van der Waals surface area contributed by atoms with Crippen molar-refractivity contribution in [2.24, 2.45) is 11.7 Å². The monoisotopic (exact) mass is 396 g/mol. The smallest absolute Gasteiger partial charge is 0.262 e. The summed E-state index contributed by atoms with van der Waals surface area (Å²) in [5, 5.41) is 3.53. The molecule has 3 N–H and O–H groups in total. The van der Waals surface area contributed by atoms with E-state index >= 15 is 0 Å². The first-order chi connectivity index (χ1) is 12.1. The number of carbonyl (C=O) groups is 1. The van der Waals surface area contributed by atoms with Crippen molar-refractivity contribution in [3.8, 4) is 0 Å². The third-order valence-electron chi connectivity index (χ3n) is 5.34. The fourth-order valence-corrected chi connectivity index (χ4v) is 4.72. The maximum Gasteiger partial charge on any atom is 0.262 e. The van der Waals surface area contributed by atoms with Crippen LogP contribution in [0.25, 0.3) is 10.2 Å². The molecule has 0 bridgehead atoms. The maximum atomic E-state index is 12.9. The number of aryl methyl sites for hydroxylation is 2. The normalized spacial score (nSPS) is 17.9. The van der Waals surface area contributed by atoms with Crippen LogP contribution >= 0.6 is 23.7 Å². The lowest BCUT2D eigenvalue weighted by Crippen LogP contribution is -2.38. The minimum Gasteiger partial charge on any atom is -0.350 e. The summed E-state index contributed by atoms with van der Waals surface area (Å²) in [7, 11) is 0. The number of amides is 1. The quantitative estimate of drug-likeness (QED) is 0.830. The molecule has 6 nitrogen and oxygen atoms in total. The van der Waals surface area contributed by atoms with E-state index in [9.17, 15) is 9.59 Å². The number of carbonyl (C=O) groups excluding carboxylic acids is 1. The first-order valence-corrected chi connectivity index (χ1v) is 9.94. The predicted molar refractivity (Wildman–Crippen MR) is 106 cm³/mol. The summed E-state index contributed by atoms with van der Waals surface area (Å²) in [6.45, 7) is 3.06. The third kappa shape index (κ3) is 3.52. The van der Waals surface area contributed by atoms with Crippen molar-refractivity contribution in [2.45, 2.75) is 58.0 Å². The number of hydrogen-bond acceptors (Lipinski definition) is 5. The van der Waals surface area contributed by atoms with Gasteiger partial charge in [0.25, 0.3) is 11.5 Å². The highest BCUT2D eigenvalue weighted by atomic mass is 35.5. The Hall–Kier alpha value is -1.44. The Bertz CT molecular complexity index is 887. The van der Waals surface area contributed by atoms with Crippen molar-refractivity contribution in [1.29, 1.82) is 0 Å². The van der Waals surface area contributed by atoms with Gasteiger partial charge in [0.15, 0.2) is 0 Å². The molecule has 1 saturated carbocycles. The highest BCUT2D eigenvalue weighted by Crippen LogP contribution is 2.31. The Balaban J connectivity index is 0.00000196. The number of rotatable bonds is 4. The Labute approximate surface area is 162 Å². The summed E-state index contributed by atoms with van der Waals surface area (Å²) in [6, 6.07) is 0.0263. The average molecular weight is 397 g/mol. The fraction of sp³-hybridized carbons (Fsp3) is 0.611. The van der Waals surface area contributed by atoms with Gasteiger partial charge in [0, 0.05) is 25.6 Å². The lowest BCUT2D eigenvalue weighted by Gasteiger charge is -2.11. The zero-order valence-corrected chi connectivity index (χ0v) is 16.5. The van der Waals surface area contributed by atoms with Crippen LogP contribution in [0.15, 0.2) is 4.79 Å². The van der Waals surface area contributed by atoms with Gasteiger partial charge in [0.1, 0.15) is 10.7 Å². The summed E-state index contributed by atoms with van der Waals surface area (Å²) < 4.78 is 1.81. The molecule has 0 radical (unpaired) electrons. The second-order valence-corrected chi connectivity index (χ2v) is 8.24. The van der Waals surface area contributed by atoms with Gasteiger partial charge in [-0.05, 0) is 44.1 Å². The van der Waals surface area contributed by atoms with E-state index in [1.54, 1.807) is 4.57 Å². The number of aromatic nitrogens is 2. The molecule has 4 rings (SSSR count). The van der Waals surface area contributed by atoms with Crippen LogP contribution in [0.2, 0.25) is 0 Å². The molecule has 0 spiro atoms. The highest BCUT2D eigenvalue weighted by Gasteiger charge is 2.29. The minimum absolute atomic E-state index is 0.